The minimum atomic E-state index is -0.519. The molecule has 5 heteroatoms. The first-order chi connectivity index (χ1) is 10.1. The Balaban J connectivity index is 3.14. The van der Waals surface area contributed by atoms with Crippen molar-refractivity contribution < 1.29 is 14.6 Å². The van der Waals surface area contributed by atoms with Gasteiger partial charge in [-0.05, 0) is 44.2 Å². The standard InChI is InChI=1S/C16H26ClNO3/c1-4-11(7-12(19)10-18)13-8-14(17)16(21-6-3)9-15(13)20-5-2/h8-9,11-12,19H,4-7,10,18H2,1-3H3. The minimum Gasteiger partial charge on any atom is -0.493 e. The minimum absolute atomic E-state index is 0.151. The number of rotatable bonds is 9. The Bertz CT molecular complexity index is 440. The summed E-state index contributed by atoms with van der Waals surface area (Å²) in [5.74, 6) is 1.54. The van der Waals surface area contributed by atoms with Crippen molar-refractivity contribution in [2.75, 3.05) is 19.8 Å². The number of hydrogen-bond donors (Lipinski definition) is 2. The van der Waals surface area contributed by atoms with E-state index < -0.39 is 6.10 Å². The Kier molecular flexibility index (Phi) is 7.86. The SMILES string of the molecule is CCOc1cc(OCC)c(C(CC)CC(O)CN)cc1Cl. The quantitative estimate of drug-likeness (QED) is 0.733. The van der Waals surface area contributed by atoms with E-state index in [4.69, 9.17) is 26.8 Å². The Morgan fingerprint density at radius 1 is 1.14 bits per heavy atom. The number of aliphatic hydroxyl groups is 1. The zero-order valence-electron chi connectivity index (χ0n) is 13.1. The van der Waals surface area contributed by atoms with Gasteiger partial charge in [0.15, 0.2) is 0 Å². The zero-order valence-corrected chi connectivity index (χ0v) is 13.8. The zero-order chi connectivity index (χ0) is 15.8. The van der Waals surface area contributed by atoms with Crippen molar-refractivity contribution in [1.82, 2.24) is 0 Å². The van der Waals surface area contributed by atoms with Crippen molar-refractivity contribution in [2.45, 2.75) is 45.6 Å². The number of nitrogens with two attached hydrogens (primary N) is 1. The maximum atomic E-state index is 9.83. The molecule has 0 aromatic heterocycles. The predicted octanol–water partition coefficient (Wildman–Crippen LogP) is 3.34. The van der Waals surface area contributed by atoms with Crippen molar-refractivity contribution in [3.63, 3.8) is 0 Å². The third-order valence-corrected chi connectivity index (χ3v) is 3.72. The van der Waals surface area contributed by atoms with Crippen LogP contribution in [0.15, 0.2) is 12.1 Å². The maximum absolute atomic E-state index is 9.83. The highest BCUT2D eigenvalue weighted by Gasteiger charge is 2.20. The summed E-state index contributed by atoms with van der Waals surface area (Å²) in [5.41, 5.74) is 6.52. The highest BCUT2D eigenvalue weighted by molar-refractivity contribution is 6.32. The van der Waals surface area contributed by atoms with Gasteiger partial charge >= 0.3 is 0 Å². The molecular formula is C16H26ClNO3. The van der Waals surface area contributed by atoms with E-state index in [0.29, 0.717) is 30.4 Å². The summed E-state index contributed by atoms with van der Waals surface area (Å²) in [6.45, 7) is 7.30. The number of hydrogen-bond acceptors (Lipinski definition) is 4. The molecule has 0 amide bonds. The molecule has 0 heterocycles. The molecule has 0 aliphatic rings. The van der Waals surface area contributed by atoms with Crippen LogP contribution < -0.4 is 15.2 Å². The summed E-state index contributed by atoms with van der Waals surface area (Å²) in [7, 11) is 0. The monoisotopic (exact) mass is 315 g/mol. The van der Waals surface area contributed by atoms with Crippen LogP contribution in [0, 0.1) is 0 Å². The van der Waals surface area contributed by atoms with Crippen LogP contribution in [-0.2, 0) is 0 Å². The largest absolute Gasteiger partial charge is 0.493 e. The van der Waals surface area contributed by atoms with Crippen LogP contribution in [0.1, 0.15) is 45.1 Å². The van der Waals surface area contributed by atoms with E-state index in [1.807, 2.05) is 26.0 Å². The predicted molar refractivity (Wildman–Crippen MR) is 86.5 cm³/mol. The molecule has 0 radical (unpaired) electrons. The van der Waals surface area contributed by atoms with Gasteiger partial charge < -0.3 is 20.3 Å². The summed E-state index contributed by atoms with van der Waals surface area (Å²) < 4.78 is 11.2. The fraction of sp³-hybridized carbons (Fsp3) is 0.625. The number of aliphatic hydroxyl groups excluding tert-OH is 1. The van der Waals surface area contributed by atoms with Gasteiger partial charge in [-0.25, -0.2) is 0 Å². The van der Waals surface area contributed by atoms with E-state index in [1.54, 1.807) is 0 Å². The lowest BCUT2D eigenvalue weighted by Gasteiger charge is -2.22. The molecule has 1 rings (SSSR count). The first-order valence-corrected chi connectivity index (χ1v) is 7.92. The molecule has 0 saturated heterocycles. The van der Waals surface area contributed by atoms with Crippen molar-refractivity contribution in [3.05, 3.63) is 22.7 Å². The van der Waals surface area contributed by atoms with E-state index >= 15 is 0 Å². The molecule has 3 N–H and O–H groups in total. The van der Waals surface area contributed by atoms with Gasteiger partial charge in [0, 0.05) is 12.6 Å². The van der Waals surface area contributed by atoms with Gasteiger partial charge in [0.25, 0.3) is 0 Å². The highest BCUT2D eigenvalue weighted by Crippen LogP contribution is 2.39. The Labute approximate surface area is 132 Å². The van der Waals surface area contributed by atoms with Crippen LogP contribution in [0.5, 0.6) is 11.5 Å². The second kappa shape index (κ2) is 9.13. The van der Waals surface area contributed by atoms with Gasteiger partial charge in [0.1, 0.15) is 11.5 Å². The number of ether oxygens (including phenoxy) is 2. The smallest absolute Gasteiger partial charge is 0.141 e. The van der Waals surface area contributed by atoms with E-state index in [9.17, 15) is 5.11 Å². The summed E-state index contributed by atoms with van der Waals surface area (Å²) >= 11 is 6.28. The van der Waals surface area contributed by atoms with E-state index in [-0.39, 0.29) is 12.5 Å². The lowest BCUT2D eigenvalue weighted by molar-refractivity contribution is 0.161. The van der Waals surface area contributed by atoms with Crippen molar-refractivity contribution in [1.29, 1.82) is 0 Å². The summed E-state index contributed by atoms with van der Waals surface area (Å²) in [4.78, 5) is 0. The summed E-state index contributed by atoms with van der Waals surface area (Å²) in [6, 6.07) is 3.72. The van der Waals surface area contributed by atoms with Crippen LogP contribution in [0.3, 0.4) is 0 Å². The molecule has 120 valence electrons. The third kappa shape index (κ3) is 5.06. The third-order valence-electron chi connectivity index (χ3n) is 3.43. The molecule has 0 bridgehead atoms. The topological polar surface area (TPSA) is 64.7 Å². The average Bonchev–Trinajstić information content (AvgIpc) is 2.48. The van der Waals surface area contributed by atoms with Crippen molar-refractivity contribution in [3.8, 4) is 11.5 Å². The van der Waals surface area contributed by atoms with Crippen LogP contribution in [-0.4, -0.2) is 31.0 Å². The molecule has 0 aliphatic heterocycles. The molecule has 2 unspecified atom stereocenters. The molecule has 2 atom stereocenters. The first kappa shape index (κ1) is 18.1. The summed E-state index contributed by atoms with van der Waals surface area (Å²) in [5, 5.41) is 10.4. The molecule has 21 heavy (non-hydrogen) atoms. The average molecular weight is 316 g/mol. The number of benzene rings is 1. The Hall–Kier alpha value is -0.970. The Morgan fingerprint density at radius 3 is 2.29 bits per heavy atom. The normalized spacial score (nSPS) is 13.8. The van der Waals surface area contributed by atoms with Gasteiger partial charge in [0.05, 0.1) is 24.3 Å². The second-order valence-electron chi connectivity index (χ2n) is 4.92. The lowest BCUT2D eigenvalue weighted by Crippen LogP contribution is -2.22. The van der Waals surface area contributed by atoms with Crippen molar-refractivity contribution in [2.24, 2.45) is 5.73 Å². The first-order valence-electron chi connectivity index (χ1n) is 7.54. The lowest BCUT2D eigenvalue weighted by atomic mass is 9.90. The molecule has 4 nitrogen and oxygen atoms in total. The van der Waals surface area contributed by atoms with Gasteiger partial charge in [-0.1, -0.05) is 18.5 Å². The van der Waals surface area contributed by atoms with E-state index in [0.717, 1.165) is 17.7 Å². The maximum Gasteiger partial charge on any atom is 0.141 e. The second-order valence-corrected chi connectivity index (χ2v) is 5.32. The molecule has 0 saturated carbocycles. The molecule has 0 aliphatic carbocycles. The van der Waals surface area contributed by atoms with E-state index in [1.165, 1.54) is 0 Å². The fourth-order valence-electron chi connectivity index (χ4n) is 2.35. The van der Waals surface area contributed by atoms with Gasteiger partial charge in [-0.2, -0.15) is 0 Å². The van der Waals surface area contributed by atoms with Gasteiger partial charge in [0.2, 0.25) is 0 Å². The fourth-order valence-corrected chi connectivity index (χ4v) is 2.58. The molecule has 1 aromatic carbocycles. The summed E-state index contributed by atoms with van der Waals surface area (Å²) in [6.07, 6.45) is 0.952. The van der Waals surface area contributed by atoms with E-state index in [2.05, 4.69) is 6.92 Å². The molecule has 0 spiro atoms. The van der Waals surface area contributed by atoms with Crippen LogP contribution in [0.2, 0.25) is 5.02 Å². The van der Waals surface area contributed by atoms with Gasteiger partial charge in [-0.15, -0.1) is 0 Å². The molecule has 0 fully saturated rings. The van der Waals surface area contributed by atoms with Gasteiger partial charge in [-0.3, -0.25) is 0 Å². The highest BCUT2D eigenvalue weighted by atomic mass is 35.5. The van der Waals surface area contributed by atoms with Crippen LogP contribution in [0.4, 0.5) is 0 Å². The Morgan fingerprint density at radius 2 is 1.76 bits per heavy atom. The van der Waals surface area contributed by atoms with Crippen LogP contribution >= 0.6 is 11.6 Å². The number of halogens is 1. The molecule has 1 aromatic rings. The van der Waals surface area contributed by atoms with Crippen molar-refractivity contribution >= 4 is 11.6 Å². The van der Waals surface area contributed by atoms with Crippen LogP contribution in [0.25, 0.3) is 0 Å². The molecular weight excluding hydrogens is 290 g/mol.